The van der Waals surface area contributed by atoms with E-state index < -0.39 is 29.2 Å². The molecule has 1 saturated heterocycles. The highest BCUT2D eigenvalue weighted by Gasteiger charge is 2.43. The number of halogens is 3. The molecular formula is C20H24F3N3O4S. The number of carbonyl (C=O) groups excluding carboxylic acids is 1. The van der Waals surface area contributed by atoms with E-state index in [0.29, 0.717) is 30.8 Å². The molecule has 1 fully saturated rings. The number of hydroxylamine groups is 1. The molecule has 1 aromatic carbocycles. The van der Waals surface area contributed by atoms with Crippen LogP contribution >= 0.6 is 11.9 Å². The zero-order chi connectivity index (χ0) is 22.6. The molecule has 2 amide bonds. The highest BCUT2D eigenvalue weighted by Crippen LogP contribution is 2.39. The van der Waals surface area contributed by atoms with Crippen LogP contribution in [0.25, 0.3) is 5.57 Å². The maximum absolute atomic E-state index is 13.3. The molecule has 0 aliphatic carbocycles. The Morgan fingerprint density at radius 1 is 1.16 bits per heavy atom. The average Bonchev–Trinajstić information content (AvgIpc) is 2.77. The first kappa shape index (κ1) is 23.4. The highest BCUT2D eigenvalue weighted by molar-refractivity contribution is 7.97. The Kier molecular flexibility index (Phi) is 7.17. The second-order valence-electron chi connectivity index (χ2n) is 7.68. The van der Waals surface area contributed by atoms with Crippen LogP contribution in [-0.4, -0.2) is 63.5 Å². The average molecular weight is 459 g/mol. The quantitative estimate of drug-likeness (QED) is 0.353. The number of benzene rings is 1. The lowest BCUT2D eigenvalue weighted by Crippen LogP contribution is -2.51. The fraction of sp³-hybridized carbons (Fsp3) is 0.500. The van der Waals surface area contributed by atoms with Gasteiger partial charge in [0.2, 0.25) is 0 Å². The maximum atomic E-state index is 13.3. The van der Waals surface area contributed by atoms with Crippen molar-refractivity contribution in [2.24, 2.45) is 5.41 Å². The van der Waals surface area contributed by atoms with Crippen molar-refractivity contribution in [3.63, 3.8) is 0 Å². The van der Waals surface area contributed by atoms with Gasteiger partial charge in [0.25, 0.3) is 5.91 Å². The zero-order valence-electron chi connectivity index (χ0n) is 16.7. The van der Waals surface area contributed by atoms with Gasteiger partial charge in [0.1, 0.15) is 0 Å². The molecule has 170 valence electrons. The van der Waals surface area contributed by atoms with Crippen molar-refractivity contribution in [3.05, 3.63) is 41.5 Å². The molecular weight excluding hydrogens is 435 g/mol. The Morgan fingerprint density at radius 3 is 2.39 bits per heavy atom. The lowest BCUT2D eigenvalue weighted by atomic mass is 9.79. The summed E-state index contributed by atoms with van der Waals surface area (Å²) in [5.41, 5.74) is 0.982. The third-order valence-electron chi connectivity index (χ3n) is 5.85. The summed E-state index contributed by atoms with van der Waals surface area (Å²) in [5.74, 6) is -0.202. The van der Waals surface area contributed by atoms with Gasteiger partial charge in [-0.15, -0.1) is 0 Å². The molecule has 0 atom stereocenters. The van der Waals surface area contributed by atoms with E-state index in [1.165, 1.54) is 29.0 Å². The molecule has 3 N–H and O–H groups in total. The minimum absolute atomic E-state index is 0.192. The SMILES string of the molecule is O=C(O)N1CCC(CSN2CC=C(c3ccccc3C(F)(F)F)CC2)(C(=O)NO)CC1. The Labute approximate surface area is 182 Å². The standard InChI is InChI=1S/C20H24F3N3O4S/c21-20(22,23)16-4-2-1-3-15(16)14-5-9-26(10-6-14)31-13-19(17(27)24-30)7-11-25(12-8-19)18(28)29/h1-5,30H,6-13H2,(H,24,27)(H,28,29). The largest absolute Gasteiger partial charge is 0.465 e. The molecule has 2 aliphatic rings. The normalized spacial score (nSPS) is 19.6. The van der Waals surface area contributed by atoms with E-state index >= 15 is 0 Å². The Balaban J connectivity index is 1.64. The van der Waals surface area contributed by atoms with Crippen molar-refractivity contribution in [3.8, 4) is 0 Å². The highest BCUT2D eigenvalue weighted by atomic mass is 32.2. The summed E-state index contributed by atoms with van der Waals surface area (Å²) in [6.45, 7) is 1.33. The van der Waals surface area contributed by atoms with Crippen LogP contribution in [0.1, 0.15) is 30.4 Å². The summed E-state index contributed by atoms with van der Waals surface area (Å²) in [6, 6.07) is 5.53. The van der Waals surface area contributed by atoms with E-state index in [0.717, 1.165) is 6.07 Å². The fourth-order valence-corrected chi connectivity index (χ4v) is 5.17. The second-order valence-corrected chi connectivity index (χ2v) is 8.74. The predicted octanol–water partition coefficient (Wildman–Crippen LogP) is 3.71. The van der Waals surface area contributed by atoms with Gasteiger partial charge in [0.05, 0.1) is 11.0 Å². The number of nitrogens with one attached hydrogen (secondary N) is 1. The number of piperidine rings is 1. The van der Waals surface area contributed by atoms with E-state index in [1.54, 1.807) is 17.6 Å². The van der Waals surface area contributed by atoms with Crippen LogP contribution in [0.2, 0.25) is 0 Å². The van der Waals surface area contributed by atoms with Crippen LogP contribution in [0.3, 0.4) is 0 Å². The van der Waals surface area contributed by atoms with Gasteiger partial charge >= 0.3 is 12.3 Å². The molecule has 0 radical (unpaired) electrons. The van der Waals surface area contributed by atoms with Gasteiger partial charge in [0.15, 0.2) is 0 Å². The van der Waals surface area contributed by atoms with Crippen molar-refractivity contribution in [1.29, 1.82) is 0 Å². The molecule has 11 heteroatoms. The number of carboxylic acid groups (broad SMARTS) is 1. The molecule has 2 aliphatic heterocycles. The van der Waals surface area contributed by atoms with Crippen molar-refractivity contribution in [2.75, 3.05) is 31.9 Å². The summed E-state index contributed by atoms with van der Waals surface area (Å²) < 4.78 is 41.9. The summed E-state index contributed by atoms with van der Waals surface area (Å²) in [6.07, 6.45) is -2.69. The van der Waals surface area contributed by atoms with Crippen molar-refractivity contribution < 1.29 is 33.1 Å². The van der Waals surface area contributed by atoms with Gasteiger partial charge in [-0.2, -0.15) is 13.2 Å². The van der Waals surface area contributed by atoms with Crippen molar-refractivity contribution in [2.45, 2.75) is 25.4 Å². The van der Waals surface area contributed by atoms with Gasteiger partial charge in [-0.1, -0.05) is 36.2 Å². The van der Waals surface area contributed by atoms with E-state index in [-0.39, 0.29) is 31.5 Å². The molecule has 7 nitrogen and oxygen atoms in total. The Bertz CT molecular complexity index is 854. The number of nitrogens with zero attached hydrogens (tertiary/aromatic N) is 2. The molecule has 0 saturated carbocycles. The van der Waals surface area contributed by atoms with Gasteiger partial charge in [-0.05, 0) is 36.5 Å². The summed E-state index contributed by atoms with van der Waals surface area (Å²) in [5, 5.41) is 18.3. The fourth-order valence-electron chi connectivity index (χ4n) is 3.92. The minimum Gasteiger partial charge on any atom is -0.465 e. The third-order valence-corrected chi connectivity index (χ3v) is 7.23. The predicted molar refractivity (Wildman–Crippen MR) is 109 cm³/mol. The molecule has 3 rings (SSSR count). The topological polar surface area (TPSA) is 93.1 Å². The molecule has 2 heterocycles. The maximum Gasteiger partial charge on any atom is 0.416 e. The zero-order valence-corrected chi connectivity index (χ0v) is 17.5. The second kappa shape index (κ2) is 9.49. The minimum atomic E-state index is -4.42. The lowest BCUT2D eigenvalue weighted by molar-refractivity contribution is -0.141. The van der Waals surface area contributed by atoms with Crippen LogP contribution in [0.5, 0.6) is 0 Å². The third kappa shape index (κ3) is 5.34. The van der Waals surface area contributed by atoms with Gasteiger partial charge in [0, 0.05) is 31.9 Å². The van der Waals surface area contributed by atoms with Crippen LogP contribution < -0.4 is 5.48 Å². The summed E-state index contributed by atoms with van der Waals surface area (Å²) >= 11 is 1.39. The molecule has 31 heavy (non-hydrogen) atoms. The van der Waals surface area contributed by atoms with Crippen LogP contribution in [0.15, 0.2) is 30.3 Å². The first-order valence-electron chi connectivity index (χ1n) is 9.82. The van der Waals surface area contributed by atoms with E-state index in [1.807, 2.05) is 4.31 Å². The summed E-state index contributed by atoms with van der Waals surface area (Å²) in [7, 11) is 0. The van der Waals surface area contributed by atoms with Crippen molar-refractivity contribution in [1.82, 2.24) is 14.7 Å². The monoisotopic (exact) mass is 459 g/mol. The van der Waals surface area contributed by atoms with Crippen LogP contribution in [0.4, 0.5) is 18.0 Å². The number of hydrogen-bond acceptors (Lipinski definition) is 5. The number of likely N-dealkylation sites (tertiary alicyclic amines) is 1. The van der Waals surface area contributed by atoms with Crippen LogP contribution in [-0.2, 0) is 11.0 Å². The number of alkyl halides is 3. The first-order valence-corrected chi connectivity index (χ1v) is 10.8. The number of hydrogen-bond donors (Lipinski definition) is 3. The number of amides is 2. The Hall–Kier alpha value is -2.24. The van der Waals surface area contributed by atoms with Gasteiger partial charge in [-0.25, -0.2) is 14.6 Å². The van der Waals surface area contributed by atoms with Crippen molar-refractivity contribution >= 4 is 29.5 Å². The Morgan fingerprint density at radius 2 is 1.84 bits per heavy atom. The molecule has 0 aromatic heterocycles. The molecule has 0 bridgehead atoms. The smallest absolute Gasteiger partial charge is 0.416 e. The van der Waals surface area contributed by atoms with Gasteiger partial charge < -0.3 is 10.0 Å². The lowest BCUT2D eigenvalue weighted by Gasteiger charge is -2.40. The summed E-state index contributed by atoms with van der Waals surface area (Å²) in [4.78, 5) is 24.7. The number of rotatable bonds is 5. The molecule has 1 aromatic rings. The van der Waals surface area contributed by atoms with E-state index in [4.69, 9.17) is 10.3 Å². The molecule has 0 unspecified atom stereocenters. The molecule has 0 spiro atoms. The van der Waals surface area contributed by atoms with Gasteiger partial charge in [-0.3, -0.25) is 10.0 Å². The van der Waals surface area contributed by atoms with E-state index in [2.05, 4.69) is 0 Å². The first-order chi connectivity index (χ1) is 14.7. The van der Waals surface area contributed by atoms with E-state index in [9.17, 15) is 22.8 Å². The van der Waals surface area contributed by atoms with Crippen LogP contribution in [0, 0.1) is 5.41 Å². The number of carbonyl (C=O) groups is 2.